The Balaban J connectivity index is 1.49. The first kappa shape index (κ1) is 17.6. The highest BCUT2D eigenvalue weighted by atomic mass is 32.2. The summed E-state index contributed by atoms with van der Waals surface area (Å²) in [6.07, 6.45) is 10.5. The molecule has 0 N–H and O–H groups in total. The highest BCUT2D eigenvalue weighted by molar-refractivity contribution is 7.89. The molecule has 4 rings (SSSR count). The fourth-order valence-electron chi connectivity index (χ4n) is 3.94. The van der Waals surface area contributed by atoms with Gasteiger partial charge < -0.3 is 4.42 Å². The van der Waals surface area contributed by atoms with Gasteiger partial charge in [-0.05, 0) is 37.8 Å². The van der Waals surface area contributed by atoms with Crippen LogP contribution in [-0.4, -0.2) is 41.0 Å². The molecule has 0 bridgehead atoms. The average Bonchev–Trinajstić information content (AvgIpc) is 3.20. The summed E-state index contributed by atoms with van der Waals surface area (Å²) in [5.41, 5.74) is 0. The van der Waals surface area contributed by atoms with Gasteiger partial charge in [0.1, 0.15) is 4.90 Å². The molecule has 2 fully saturated rings. The maximum Gasteiger partial charge on any atom is 0.244 e. The van der Waals surface area contributed by atoms with Crippen LogP contribution in [0.2, 0.25) is 0 Å². The minimum atomic E-state index is -3.54. The molecule has 26 heavy (non-hydrogen) atoms. The first-order valence-electron chi connectivity index (χ1n) is 9.38. The monoisotopic (exact) mass is 376 g/mol. The summed E-state index contributed by atoms with van der Waals surface area (Å²) in [6.45, 7) is 0.890. The second-order valence-corrected chi connectivity index (χ2v) is 9.14. The van der Waals surface area contributed by atoms with Crippen molar-refractivity contribution in [2.75, 3.05) is 13.1 Å². The second-order valence-electron chi connectivity index (χ2n) is 7.20. The Morgan fingerprint density at radius 2 is 1.73 bits per heavy atom. The van der Waals surface area contributed by atoms with E-state index in [1.807, 2.05) is 0 Å². The number of nitrogens with zero attached hydrogens (tertiary/aromatic N) is 4. The first-order chi connectivity index (χ1) is 12.6. The van der Waals surface area contributed by atoms with Crippen LogP contribution in [0.3, 0.4) is 0 Å². The van der Waals surface area contributed by atoms with Crippen LogP contribution >= 0.6 is 0 Å². The van der Waals surface area contributed by atoms with E-state index in [1.165, 1.54) is 29.8 Å². The molecular weight excluding hydrogens is 352 g/mol. The Kier molecular flexibility index (Phi) is 5.04. The standard InChI is InChI=1S/C18H24N4O3S/c23-26(24,16-9-4-10-19-12-16)22-11-5-8-15(13-22)18-21-20-17(25-18)14-6-2-1-3-7-14/h4,9-10,12,14-15H,1-3,5-8,11,13H2. The third kappa shape index (κ3) is 3.53. The summed E-state index contributed by atoms with van der Waals surface area (Å²) in [5, 5.41) is 8.52. The highest BCUT2D eigenvalue weighted by Gasteiger charge is 2.34. The Bertz CT molecular complexity index is 831. The lowest BCUT2D eigenvalue weighted by Crippen LogP contribution is -2.39. The largest absolute Gasteiger partial charge is 0.425 e. The van der Waals surface area contributed by atoms with Crippen LogP contribution in [-0.2, 0) is 10.0 Å². The lowest BCUT2D eigenvalue weighted by atomic mass is 9.89. The van der Waals surface area contributed by atoms with Crippen molar-refractivity contribution in [2.24, 2.45) is 0 Å². The van der Waals surface area contributed by atoms with Gasteiger partial charge >= 0.3 is 0 Å². The Morgan fingerprint density at radius 3 is 2.46 bits per heavy atom. The van der Waals surface area contributed by atoms with Gasteiger partial charge in [0.25, 0.3) is 0 Å². The zero-order valence-corrected chi connectivity index (χ0v) is 15.6. The van der Waals surface area contributed by atoms with Crippen molar-refractivity contribution in [1.29, 1.82) is 0 Å². The van der Waals surface area contributed by atoms with Crippen molar-refractivity contribution < 1.29 is 12.8 Å². The van der Waals surface area contributed by atoms with Crippen molar-refractivity contribution in [3.05, 3.63) is 36.3 Å². The van der Waals surface area contributed by atoms with Crippen molar-refractivity contribution in [3.63, 3.8) is 0 Å². The molecule has 0 spiro atoms. The van der Waals surface area contributed by atoms with Gasteiger partial charge in [-0.15, -0.1) is 10.2 Å². The highest BCUT2D eigenvalue weighted by Crippen LogP contribution is 2.34. The molecule has 140 valence electrons. The van der Waals surface area contributed by atoms with E-state index in [2.05, 4.69) is 15.2 Å². The van der Waals surface area contributed by atoms with E-state index >= 15 is 0 Å². The molecule has 7 nitrogen and oxygen atoms in total. The molecule has 1 aliphatic carbocycles. The fraction of sp³-hybridized carbons (Fsp3) is 0.611. The predicted octanol–water partition coefficient (Wildman–Crippen LogP) is 3.08. The fourth-order valence-corrected chi connectivity index (χ4v) is 5.43. The summed E-state index contributed by atoms with van der Waals surface area (Å²) >= 11 is 0. The molecule has 0 aromatic carbocycles. The number of sulfonamides is 1. The smallest absolute Gasteiger partial charge is 0.244 e. The molecule has 1 saturated carbocycles. The average molecular weight is 376 g/mol. The van der Waals surface area contributed by atoms with Crippen LogP contribution in [0, 0.1) is 0 Å². The molecule has 1 unspecified atom stereocenters. The van der Waals surface area contributed by atoms with Crippen LogP contribution in [0.5, 0.6) is 0 Å². The molecule has 8 heteroatoms. The maximum atomic E-state index is 12.8. The third-order valence-electron chi connectivity index (χ3n) is 5.42. The quantitative estimate of drug-likeness (QED) is 0.815. The van der Waals surface area contributed by atoms with Gasteiger partial charge in [0.15, 0.2) is 0 Å². The Hall–Kier alpha value is -1.80. The number of hydrogen-bond donors (Lipinski definition) is 0. The third-order valence-corrected chi connectivity index (χ3v) is 7.26. The van der Waals surface area contributed by atoms with Gasteiger partial charge in [-0.25, -0.2) is 8.42 Å². The Labute approximate surface area is 153 Å². The van der Waals surface area contributed by atoms with E-state index in [0.717, 1.165) is 31.6 Å². The zero-order valence-electron chi connectivity index (χ0n) is 14.7. The lowest BCUT2D eigenvalue weighted by molar-refractivity contribution is 0.273. The van der Waals surface area contributed by atoms with Crippen molar-refractivity contribution in [2.45, 2.75) is 61.7 Å². The first-order valence-corrected chi connectivity index (χ1v) is 10.8. The zero-order chi connectivity index (χ0) is 18.0. The summed E-state index contributed by atoms with van der Waals surface area (Å²) in [5.74, 6) is 1.63. The molecule has 2 aromatic rings. The minimum Gasteiger partial charge on any atom is -0.425 e. The molecule has 2 aromatic heterocycles. The van der Waals surface area contributed by atoms with Gasteiger partial charge in [-0.3, -0.25) is 4.98 Å². The van der Waals surface area contributed by atoms with E-state index in [1.54, 1.807) is 18.3 Å². The number of aromatic nitrogens is 3. The van der Waals surface area contributed by atoms with E-state index in [9.17, 15) is 8.42 Å². The van der Waals surface area contributed by atoms with Gasteiger partial charge in [0.05, 0.1) is 5.92 Å². The van der Waals surface area contributed by atoms with Gasteiger partial charge in [0, 0.05) is 31.4 Å². The molecule has 2 aliphatic rings. The summed E-state index contributed by atoms with van der Waals surface area (Å²) in [4.78, 5) is 4.16. The second kappa shape index (κ2) is 7.44. The normalized spacial score (nSPS) is 23.2. The van der Waals surface area contributed by atoms with Crippen molar-refractivity contribution in [3.8, 4) is 0 Å². The van der Waals surface area contributed by atoms with Crippen LogP contribution < -0.4 is 0 Å². The van der Waals surface area contributed by atoms with Crippen LogP contribution in [0.25, 0.3) is 0 Å². The number of hydrogen-bond acceptors (Lipinski definition) is 6. The SMILES string of the molecule is O=S(=O)(c1cccnc1)N1CCCC(c2nnc(C3CCCCC3)o2)C1. The molecule has 0 amide bonds. The van der Waals surface area contributed by atoms with Crippen LogP contribution in [0.15, 0.2) is 33.8 Å². The van der Waals surface area contributed by atoms with Gasteiger partial charge in [-0.1, -0.05) is 19.3 Å². The maximum absolute atomic E-state index is 12.8. The van der Waals surface area contributed by atoms with Crippen molar-refractivity contribution in [1.82, 2.24) is 19.5 Å². The molecule has 1 saturated heterocycles. The van der Waals surface area contributed by atoms with E-state index in [4.69, 9.17) is 4.42 Å². The van der Waals surface area contributed by atoms with Gasteiger partial charge in [0.2, 0.25) is 21.8 Å². The summed E-state index contributed by atoms with van der Waals surface area (Å²) < 4.78 is 33.2. The molecule has 1 aliphatic heterocycles. The number of rotatable bonds is 4. The Morgan fingerprint density at radius 1 is 1.00 bits per heavy atom. The van der Waals surface area contributed by atoms with E-state index < -0.39 is 10.0 Å². The molecule has 0 radical (unpaired) electrons. The number of piperidine rings is 1. The minimum absolute atomic E-state index is 0.0416. The molecule has 1 atom stereocenters. The molecule has 3 heterocycles. The van der Waals surface area contributed by atoms with Crippen LogP contribution in [0.1, 0.15) is 68.6 Å². The lowest BCUT2D eigenvalue weighted by Gasteiger charge is -2.30. The topological polar surface area (TPSA) is 89.2 Å². The van der Waals surface area contributed by atoms with E-state index in [-0.39, 0.29) is 10.8 Å². The molecular formula is C18H24N4O3S. The van der Waals surface area contributed by atoms with Crippen LogP contribution in [0.4, 0.5) is 0 Å². The summed E-state index contributed by atoms with van der Waals surface area (Å²) in [6, 6.07) is 3.22. The summed E-state index contributed by atoms with van der Waals surface area (Å²) in [7, 11) is -3.54. The van der Waals surface area contributed by atoms with E-state index in [0.29, 0.717) is 24.9 Å². The van der Waals surface area contributed by atoms with Gasteiger partial charge in [-0.2, -0.15) is 4.31 Å². The van der Waals surface area contributed by atoms with Crippen molar-refractivity contribution >= 4 is 10.0 Å². The predicted molar refractivity (Wildman–Crippen MR) is 95.1 cm³/mol. The number of pyridine rings is 1.